The zero-order valence-electron chi connectivity index (χ0n) is 10.6. The number of aromatic nitrogens is 2. The number of rotatable bonds is 2. The molecule has 3 aromatic rings. The van der Waals surface area contributed by atoms with Crippen molar-refractivity contribution in [2.75, 3.05) is 12.8 Å². The maximum Gasteiger partial charge on any atom is 0.205 e. The Labute approximate surface area is 128 Å². The quantitative estimate of drug-likeness (QED) is 0.691. The number of nitrogen functional groups attached to an aromatic ring is 1. The third-order valence-corrected chi connectivity index (χ3v) is 3.76. The first-order chi connectivity index (χ1) is 9.60. The summed E-state index contributed by atoms with van der Waals surface area (Å²) in [4.78, 5) is 4.19. The minimum atomic E-state index is -0.452. The van der Waals surface area contributed by atoms with E-state index in [1.54, 1.807) is 10.6 Å². The van der Waals surface area contributed by atoms with Gasteiger partial charge in [-0.3, -0.25) is 4.57 Å². The number of hydrogen-bond donors (Lipinski definition) is 1. The Hall–Kier alpha value is -1.83. The molecule has 2 aromatic carbocycles. The van der Waals surface area contributed by atoms with Crippen molar-refractivity contribution in [1.29, 1.82) is 0 Å². The van der Waals surface area contributed by atoms with Crippen LogP contribution in [0, 0.1) is 9.39 Å². The van der Waals surface area contributed by atoms with Crippen LogP contribution < -0.4 is 10.5 Å². The van der Waals surface area contributed by atoms with Crippen molar-refractivity contribution in [3.63, 3.8) is 0 Å². The van der Waals surface area contributed by atoms with Gasteiger partial charge < -0.3 is 10.5 Å². The van der Waals surface area contributed by atoms with E-state index in [0.717, 1.165) is 9.26 Å². The van der Waals surface area contributed by atoms with Crippen molar-refractivity contribution in [1.82, 2.24) is 9.55 Å². The molecule has 4 nitrogen and oxygen atoms in total. The number of methoxy groups -OCH3 is 1. The van der Waals surface area contributed by atoms with E-state index in [-0.39, 0.29) is 5.75 Å². The standard InChI is InChI=1S/C14H11FIN3O/c1-20-13-7-12-11(6-10(13)15)18-14(17)19(12)9-4-2-8(16)3-5-9/h2-7H,1H3,(H2,17,18). The lowest BCUT2D eigenvalue weighted by molar-refractivity contribution is 0.387. The highest BCUT2D eigenvalue weighted by Crippen LogP contribution is 2.29. The molecule has 0 saturated heterocycles. The van der Waals surface area contributed by atoms with E-state index in [1.807, 2.05) is 24.3 Å². The second-order valence-electron chi connectivity index (χ2n) is 4.26. The molecule has 6 heteroatoms. The number of ether oxygens (including phenoxy) is 1. The Balaban J connectivity index is 2.29. The zero-order chi connectivity index (χ0) is 14.3. The van der Waals surface area contributed by atoms with Gasteiger partial charge in [-0.2, -0.15) is 0 Å². The molecule has 1 aromatic heterocycles. The number of hydrogen-bond acceptors (Lipinski definition) is 3. The predicted molar refractivity (Wildman–Crippen MR) is 84.7 cm³/mol. The van der Waals surface area contributed by atoms with Gasteiger partial charge in [-0.25, -0.2) is 9.37 Å². The highest BCUT2D eigenvalue weighted by molar-refractivity contribution is 14.1. The molecule has 0 aliphatic carbocycles. The van der Waals surface area contributed by atoms with E-state index in [1.165, 1.54) is 13.2 Å². The molecule has 0 aliphatic rings. The van der Waals surface area contributed by atoms with E-state index in [0.29, 0.717) is 17.0 Å². The minimum Gasteiger partial charge on any atom is -0.494 e. The van der Waals surface area contributed by atoms with E-state index in [2.05, 4.69) is 27.6 Å². The third kappa shape index (κ3) is 2.09. The summed E-state index contributed by atoms with van der Waals surface area (Å²) < 4.78 is 21.6. The Morgan fingerprint density at radius 1 is 1.25 bits per heavy atom. The molecule has 0 aliphatic heterocycles. The van der Waals surface area contributed by atoms with Crippen LogP contribution >= 0.6 is 22.6 Å². The first kappa shape index (κ1) is 13.2. The molecule has 2 N–H and O–H groups in total. The average Bonchev–Trinajstić information content (AvgIpc) is 2.74. The van der Waals surface area contributed by atoms with Crippen molar-refractivity contribution in [3.8, 4) is 11.4 Å². The molecule has 0 radical (unpaired) electrons. The first-order valence-corrected chi connectivity index (χ1v) is 6.95. The van der Waals surface area contributed by atoms with Crippen molar-refractivity contribution in [2.45, 2.75) is 0 Å². The second kappa shape index (κ2) is 4.93. The zero-order valence-corrected chi connectivity index (χ0v) is 12.8. The molecule has 102 valence electrons. The van der Waals surface area contributed by atoms with Gasteiger partial charge in [0.2, 0.25) is 5.95 Å². The molecule has 0 spiro atoms. The fourth-order valence-electron chi connectivity index (χ4n) is 2.12. The van der Waals surface area contributed by atoms with Gasteiger partial charge in [0.1, 0.15) is 0 Å². The van der Waals surface area contributed by atoms with Gasteiger partial charge in [-0.1, -0.05) is 0 Å². The van der Waals surface area contributed by atoms with Gasteiger partial charge >= 0.3 is 0 Å². The summed E-state index contributed by atoms with van der Waals surface area (Å²) in [6.45, 7) is 0. The first-order valence-electron chi connectivity index (χ1n) is 5.87. The number of nitrogens with two attached hydrogens (primary N) is 1. The largest absolute Gasteiger partial charge is 0.494 e. The normalized spacial score (nSPS) is 10.9. The maximum atomic E-state index is 13.7. The topological polar surface area (TPSA) is 53.1 Å². The number of fused-ring (bicyclic) bond motifs is 1. The number of nitrogens with zero attached hydrogens (tertiary/aromatic N) is 2. The summed E-state index contributed by atoms with van der Waals surface area (Å²) in [5, 5.41) is 0. The molecule has 0 saturated carbocycles. The third-order valence-electron chi connectivity index (χ3n) is 3.04. The molecule has 20 heavy (non-hydrogen) atoms. The highest BCUT2D eigenvalue weighted by atomic mass is 127. The van der Waals surface area contributed by atoms with Gasteiger partial charge in [0, 0.05) is 21.4 Å². The summed E-state index contributed by atoms with van der Waals surface area (Å²) >= 11 is 2.23. The van der Waals surface area contributed by atoms with Gasteiger partial charge in [0.15, 0.2) is 11.6 Å². The van der Waals surface area contributed by atoms with Crippen molar-refractivity contribution in [3.05, 3.63) is 45.8 Å². The summed E-state index contributed by atoms with van der Waals surface area (Å²) in [6, 6.07) is 10.8. The summed E-state index contributed by atoms with van der Waals surface area (Å²) in [5.74, 6) is 0.0327. The van der Waals surface area contributed by atoms with Gasteiger partial charge in [0.25, 0.3) is 0 Å². The number of anilines is 1. The van der Waals surface area contributed by atoms with Gasteiger partial charge in [0.05, 0.1) is 18.1 Å². The SMILES string of the molecule is COc1cc2c(cc1F)nc(N)n2-c1ccc(I)cc1. The van der Waals surface area contributed by atoms with E-state index < -0.39 is 5.82 Å². The van der Waals surface area contributed by atoms with E-state index in [9.17, 15) is 4.39 Å². The lowest BCUT2D eigenvalue weighted by atomic mass is 10.2. The Morgan fingerprint density at radius 3 is 2.60 bits per heavy atom. The van der Waals surface area contributed by atoms with Crippen LogP contribution in [0.5, 0.6) is 5.75 Å². The van der Waals surface area contributed by atoms with Crippen LogP contribution in [0.2, 0.25) is 0 Å². The smallest absolute Gasteiger partial charge is 0.205 e. The fourth-order valence-corrected chi connectivity index (χ4v) is 2.48. The Bertz CT molecular complexity index is 783. The van der Waals surface area contributed by atoms with Crippen molar-refractivity contribution in [2.24, 2.45) is 0 Å². The number of imidazole rings is 1. The molecule has 0 bridgehead atoms. The predicted octanol–water partition coefficient (Wildman–Crippen LogP) is 3.36. The van der Waals surface area contributed by atoms with Crippen LogP contribution in [-0.4, -0.2) is 16.7 Å². The summed E-state index contributed by atoms with van der Waals surface area (Å²) in [6.07, 6.45) is 0. The monoisotopic (exact) mass is 383 g/mol. The maximum absolute atomic E-state index is 13.7. The van der Waals surface area contributed by atoms with Crippen LogP contribution in [-0.2, 0) is 0 Å². The molecule has 0 amide bonds. The Kier molecular flexibility index (Phi) is 3.25. The number of benzene rings is 2. The van der Waals surface area contributed by atoms with Crippen LogP contribution in [0.3, 0.4) is 0 Å². The molecule has 0 fully saturated rings. The fraction of sp³-hybridized carbons (Fsp3) is 0.0714. The van der Waals surface area contributed by atoms with Crippen LogP contribution in [0.25, 0.3) is 16.7 Å². The van der Waals surface area contributed by atoms with Gasteiger partial charge in [-0.05, 0) is 46.9 Å². The molecule has 0 atom stereocenters. The second-order valence-corrected chi connectivity index (χ2v) is 5.50. The minimum absolute atomic E-state index is 0.171. The van der Waals surface area contributed by atoms with Crippen LogP contribution in [0.1, 0.15) is 0 Å². The lowest BCUT2D eigenvalue weighted by Crippen LogP contribution is -2.00. The van der Waals surface area contributed by atoms with Crippen molar-refractivity contribution < 1.29 is 9.13 Å². The molecular weight excluding hydrogens is 372 g/mol. The van der Waals surface area contributed by atoms with E-state index >= 15 is 0 Å². The van der Waals surface area contributed by atoms with Crippen LogP contribution in [0.15, 0.2) is 36.4 Å². The van der Waals surface area contributed by atoms with Gasteiger partial charge in [-0.15, -0.1) is 0 Å². The highest BCUT2D eigenvalue weighted by Gasteiger charge is 2.14. The van der Waals surface area contributed by atoms with Crippen LogP contribution in [0.4, 0.5) is 10.3 Å². The Morgan fingerprint density at radius 2 is 1.95 bits per heavy atom. The van der Waals surface area contributed by atoms with Crippen molar-refractivity contribution >= 4 is 39.6 Å². The van der Waals surface area contributed by atoms with E-state index in [4.69, 9.17) is 10.5 Å². The molecule has 0 unspecified atom stereocenters. The summed E-state index contributed by atoms with van der Waals surface area (Å²) in [5.41, 5.74) is 8.04. The number of halogens is 2. The molecule has 3 rings (SSSR count). The lowest BCUT2D eigenvalue weighted by Gasteiger charge is -2.08. The summed E-state index contributed by atoms with van der Waals surface area (Å²) in [7, 11) is 1.43. The molecule has 1 heterocycles. The molecular formula is C14H11FIN3O. The average molecular weight is 383 g/mol.